The number of anilines is 1. The van der Waals surface area contributed by atoms with Crippen molar-refractivity contribution in [1.82, 2.24) is 10.5 Å². The summed E-state index contributed by atoms with van der Waals surface area (Å²) in [4.78, 5) is 20.6. The highest BCUT2D eigenvalue weighted by Crippen LogP contribution is 2.45. The van der Waals surface area contributed by atoms with E-state index in [-0.39, 0.29) is 37.4 Å². The number of alkyl halides is 3. The van der Waals surface area contributed by atoms with Crippen molar-refractivity contribution in [1.29, 1.82) is 0 Å². The van der Waals surface area contributed by atoms with E-state index in [4.69, 9.17) is 45.4 Å². The molecule has 1 heterocycles. The molecular weight excluding hydrogens is 466 g/mol. The molecule has 30 heavy (non-hydrogen) atoms. The Kier molecular flexibility index (Phi) is 6.30. The van der Waals surface area contributed by atoms with Crippen LogP contribution in [0.2, 0.25) is 15.1 Å². The lowest BCUT2D eigenvalue weighted by atomic mass is 10.0. The third kappa shape index (κ3) is 4.56. The molecule has 0 saturated carbocycles. The zero-order valence-corrected chi connectivity index (χ0v) is 17.0. The number of carbonyl (C=O) groups is 1. The van der Waals surface area contributed by atoms with E-state index < -0.39 is 23.5 Å². The molecule has 3 N–H and O–H groups in total. The van der Waals surface area contributed by atoms with Gasteiger partial charge in [0.15, 0.2) is 11.4 Å². The lowest BCUT2D eigenvalue weighted by Crippen LogP contribution is -2.29. The number of amides is 1. The summed E-state index contributed by atoms with van der Waals surface area (Å²) >= 11 is 17.9. The maximum atomic E-state index is 13.6. The largest absolute Gasteiger partial charge is 0.437 e. The Morgan fingerprint density at radius 1 is 1.07 bits per heavy atom. The highest BCUT2D eigenvalue weighted by Gasteiger charge is 2.39. The highest BCUT2D eigenvalue weighted by molar-refractivity contribution is 6.48. The third-order valence-electron chi connectivity index (χ3n) is 3.89. The van der Waals surface area contributed by atoms with Gasteiger partial charge in [0.2, 0.25) is 0 Å². The smallest absolute Gasteiger partial charge is 0.397 e. The number of nitrogen functional groups attached to an aromatic ring is 1. The molecule has 0 aliphatic rings. The minimum atomic E-state index is -4.91. The molecule has 0 aliphatic heterocycles. The maximum Gasteiger partial charge on any atom is 0.437 e. The minimum Gasteiger partial charge on any atom is -0.397 e. The first kappa shape index (κ1) is 22.0. The number of hydrogen-bond donors (Lipinski definition) is 2. The van der Waals surface area contributed by atoms with Crippen LogP contribution in [0.4, 0.5) is 18.9 Å². The summed E-state index contributed by atoms with van der Waals surface area (Å²) in [6.45, 7) is 0. The van der Waals surface area contributed by atoms with Crippen molar-refractivity contribution in [3.8, 4) is 16.9 Å². The van der Waals surface area contributed by atoms with Gasteiger partial charge in [-0.05, 0) is 29.8 Å². The molecule has 0 saturated heterocycles. The number of nitrogens with one attached hydrogen (secondary N) is 1. The molecule has 0 fully saturated rings. The fraction of sp³-hybridized carbons (Fsp3) is 0.0526. The topological polar surface area (TPSA) is 77.2 Å². The fourth-order valence-corrected chi connectivity index (χ4v) is 3.15. The van der Waals surface area contributed by atoms with Crippen molar-refractivity contribution in [3.63, 3.8) is 0 Å². The van der Waals surface area contributed by atoms with Crippen LogP contribution in [0.5, 0.6) is 5.75 Å². The van der Waals surface area contributed by atoms with Gasteiger partial charge in [0.25, 0.3) is 5.91 Å². The first-order valence-electron chi connectivity index (χ1n) is 8.12. The van der Waals surface area contributed by atoms with E-state index in [9.17, 15) is 18.0 Å². The lowest BCUT2D eigenvalue weighted by Gasteiger charge is -2.18. The maximum absolute atomic E-state index is 13.6. The van der Waals surface area contributed by atoms with Crippen molar-refractivity contribution in [3.05, 3.63) is 75.0 Å². The summed E-state index contributed by atoms with van der Waals surface area (Å²) in [6.07, 6.45) is -4.09. The van der Waals surface area contributed by atoms with Crippen molar-refractivity contribution in [2.24, 2.45) is 0 Å². The van der Waals surface area contributed by atoms with E-state index in [0.29, 0.717) is 0 Å². The van der Waals surface area contributed by atoms with E-state index in [1.807, 2.05) is 5.48 Å². The van der Waals surface area contributed by atoms with Gasteiger partial charge in [-0.3, -0.25) is 4.79 Å². The number of aromatic nitrogens is 1. The van der Waals surface area contributed by atoms with E-state index in [2.05, 4.69) is 4.98 Å². The molecule has 1 aromatic heterocycles. The molecule has 0 unspecified atom stereocenters. The zero-order chi connectivity index (χ0) is 22.1. The standard InChI is InChI=1S/C19H11Cl3F3N3O2/c20-11-6-10(7-12(21)15(11)22)14-13(26)8-27-17(19(23,24)25)16(14)30-28-18(29)9-4-2-1-3-5-9/h1-8H,26H2,(H,28,29). The number of carbonyl (C=O) groups excluding carboxylic acids is 1. The van der Waals surface area contributed by atoms with Crippen molar-refractivity contribution >= 4 is 46.4 Å². The first-order valence-corrected chi connectivity index (χ1v) is 9.25. The summed E-state index contributed by atoms with van der Waals surface area (Å²) < 4.78 is 40.7. The predicted octanol–water partition coefficient (Wildman–Crippen LogP) is 6.03. The summed E-state index contributed by atoms with van der Waals surface area (Å²) in [7, 11) is 0. The minimum absolute atomic E-state index is 0.0109. The van der Waals surface area contributed by atoms with E-state index in [0.717, 1.165) is 6.20 Å². The Morgan fingerprint density at radius 3 is 2.23 bits per heavy atom. The van der Waals surface area contributed by atoms with Crippen LogP contribution >= 0.6 is 34.8 Å². The van der Waals surface area contributed by atoms with Gasteiger partial charge in [-0.1, -0.05) is 53.0 Å². The highest BCUT2D eigenvalue weighted by atomic mass is 35.5. The number of halogens is 6. The molecule has 3 aromatic rings. The molecule has 0 aliphatic carbocycles. The number of pyridine rings is 1. The average molecular weight is 477 g/mol. The van der Waals surface area contributed by atoms with Crippen LogP contribution in [0.1, 0.15) is 16.1 Å². The van der Waals surface area contributed by atoms with Crippen LogP contribution in [0, 0.1) is 0 Å². The number of hydrogen-bond acceptors (Lipinski definition) is 4. The lowest BCUT2D eigenvalue weighted by molar-refractivity contribution is -0.142. The van der Waals surface area contributed by atoms with E-state index in [1.165, 1.54) is 24.3 Å². The Morgan fingerprint density at radius 2 is 1.67 bits per heavy atom. The number of nitrogens with zero attached hydrogens (tertiary/aromatic N) is 1. The predicted molar refractivity (Wildman–Crippen MR) is 109 cm³/mol. The second-order valence-corrected chi connectivity index (χ2v) is 7.11. The van der Waals surface area contributed by atoms with Crippen LogP contribution in [0.25, 0.3) is 11.1 Å². The van der Waals surface area contributed by atoms with Gasteiger partial charge in [-0.15, -0.1) is 0 Å². The van der Waals surface area contributed by atoms with Crippen molar-refractivity contribution in [2.45, 2.75) is 6.18 Å². The van der Waals surface area contributed by atoms with Gasteiger partial charge < -0.3 is 10.6 Å². The molecule has 0 bridgehead atoms. The average Bonchev–Trinajstić information content (AvgIpc) is 2.69. The number of nitrogens with two attached hydrogens (primary N) is 1. The number of rotatable bonds is 4. The summed E-state index contributed by atoms with van der Waals surface area (Å²) in [5, 5.41) is -0.00276. The monoisotopic (exact) mass is 475 g/mol. The van der Waals surface area contributed by atoms with Crippen LogP contribution < -0.4 is 16.1 Å². The Labute approximate surface area is 183 Å². The second kappa shape index (κ2) is 8.59. The number of hydroxylamine groups is 1. The van der Waals surface area contributed by atoms with Crippen LogP contribution in [-0.2, 0) is 6.18 Å². The van der Waals surface area contributed by atoms with Gasteiger partial charge in [0.1, 0.15) is 0 Å². The normalized spacial score (nSPS) is 11.3. The molecular formula is C19H11Cl3F3N3O2. The molecule has 2 aromatic carbocycles. The molecule has 11 heteroatoms. The second-order valence-electron chi connectivity index (χ2n) is 5.92. The molecule has 3 rings (SSSR count). The van der Waals surface area contributed by atoms with Gasteiger partial charge >= 0.3 is 6.18 Å². The third-order valence-corrected chi connectivity index (χ3v) is 5.08. The van der Waals surface area contributed by atoms with Crippen LogP contribution in [-0.4, -0.2) is 10.9 Å². The molecule has 5 nitrogen and oxygen atoms in total. The quantitative estimate of drug-likeness (QED) is 0.356. The summed E-state index contributed by atoms with van der Waals surface area (Å²) in [5.41, 5.74) is 6.33. The molecule has 156 valence electrons. The van der Waals surface area contributed by atoms with E-state index >= 15 is 0 Å². The van der Waals surface area contributed by atoms with Gasteiger partial charge in [-0.2, -0.15) is 18.7 Å². The van der Waals surface area contributed by atoms with Gasteiger partial charge in [0.05, 0.1) is 32.5 Å². The van der Waals surface area contributed by atoms with Gasteiger partial charge in [0, 0.05) is 5.56 Å². The van der Waals surface area contributed by atoms with Crippen LogP contribution in [0.3, 0.4) is 0 Å². The molecule has 0 radical (unpaired) electrons. The Bertz CT molecular complexity index is 1090. The summed E-state index contributed by atoms with van der Waals surface area (Å²) in [5.74, 6) is -1.59. The fourth-order valence-electron chi connectivity index (χ4n) is 2.55. The first-order chi connectivity index (χ1) is 14.1. The van der Waals surface area contributed by atoms with Gasteiger partial charge in [-0.25, -0.2) is 4.98 Å². The molecule has 1 amide bonds. The van der Waals surface area contributed by atoms with Crippen molar-refractivity contribution in [2.75, 3.05) is 5.73 Å². The SMILES string of the molecule is Nc1cnc(C(F)(F)F)c(ONC(=O)c2ccccc2)c1-c1cc(Cl)c(Cl)c(Cl)c1. The number of benzene rings is 2. The molecule has 0 spiro atoms. The molecule has 0 atom stereocenters. The van der Waals surface area contributed by atoms with E-state index in [1.54, 1.807) is 18.2 Å². The van der Waals surface area contributed by atoms with Crippen molar-refractivity contribution < 1.29 is 22.8 Å². The Hall–Kier alpha value is -2.68. The van der Waals surface area contributed by atoms with Crippen LogP contribution in [0.15, 0.2) is 48.7 Å². The summed E-state index contributed by atoms with van der Waals surface area (Å²) in [6, 6.07) is 10.3. The Balaban J connectivity index is 2.12. The zero-order valence-electron chi connectivity index (χ0n) is 14.7.